The number of carboxylic acids is 1. The molecule has 0 aliphatic carbocycles. The van der Waals surface area contributed by atoms with Crippen molar-refractivity contribution in [2.75, 3.05) is 20.7 Å². The number of likely N-dealkylation sites (N-methyl/N-ethyl adjacent to an activating group) is 1. The highest BCUT2D eigenvalue weighted by Crippen LogP contribution is 2.26. The fourth-order valence-electron chi connectivity index (χ4n) is 4.41. The van der Waals surface area contributed by atoms with Gasteiger partial charge in [-0.05, 0) is 43.7 Å². The summed E-state index contributed by atoms with van der Waals surface area (Å²) in [6.07, 6.45) is -0.704. The zero-order chi connectivity index (χ0) is 30.8. The van der Waals surface area contributed by atoms with Crippen LogP contribution in [0.4, 0.5) is 0 Å². The molecule has 2 atom stereocenters. The van der Waals surface area contributed by atoms with Gasteiger partial charge in [-0.2, -0.15) is 4.98 Å². The van der Waals surface area contributed by atoms with Gasteiger partial charge in [0, 0.05) is 17.7 Å². The van der Waals surface area contributed by atoms with Crippen LogP contribution in [-0.4, -0.2) is 76.5 Å². The maximum Gasteiger partial charge on any atom is 0.305 e. The number of carbonyl (C=O) groups excluding carboxylic acids is 3. The number of Topliss-reactive ketones (excluding diaryl/α,β-unsaturated/α-hetero) is 1. The number of benzene rings is 2. The first-order chi connectivity index (χ1) is 20.0. The lowest BCUT2D eigenvalue weighted by atomic mass is 10.0. The Morgan fingerprint density at radius 1 is 1.07 bits per heavy atom. The number of carbonyl (C=O) groups is 4. The largest absolute Gasteiger partial charge is 0.496 e. The SMILES string of the molecule is COc1ccc(-c2nc(C)no2)cc1CC(=O)N[C@H](C(=O)NC(CC(=O)O)C(=O)CN(C)Cc1ccccc1)C(C)C. The Kier molecular flexibility index (Phi) is 11.3. The van der Waals surface area contributed by atoms with E-state index in [2.05, 4.69) is 20.8 Å². The maximum absolute atomic E-state index is 13.3. The molecule has 1 unspecified atom stereocenters. The van der Waals surface area contributed by atoms with E-state index in [1.165, 1.54) is 7.11 Å². The molecule has 1 aromatic heterocycles. The smallest absolute Gasteiger partial charge is 0.305 e. The molecule has 0 bridgehead atoms. The number of carboxylic acid groups (broad SMARTS) is 1. The van der Waals surface area contributed by atoms with Crippen LogP contribution >= 0.6 is 0 Å². The summed E-state index contributed by atoms with van der Waals surface area (Å²) in [6.45, 7) is 5.58. The predicted octanol–water partition coefficient (Wildman–Crippen LogP) is 2.40. The molecule has 12 heteroatoms. The zero-order valence-electron chi connectivity index (χ0n) is 24.4. The minimum atomic E-state index is -1.26. The number of amides is 2. The molecule has 224 valence electrons. The monoisotopic (exact) mass is 579 g/mol. The highest BCUT2D eigenvalue weighted by molar-refractivity contribution is 5.95. The van der Waals surface area contributed by atoms with Gasteiger partial charge in [-0.1, -0.05) is 49.3 Å². The number of rotatable bonds is 15. The Labute approximate surface area is 244 Å². The first-order valence-electron chi connectivity index (χ1n) is 13.5. The number of nitrogens with one attached hydrogen (secondary N) is 2. The molecule has 3 rings (SSSR count). The average Bonchev–Trinajstić information content (AvgIpc) is 3.37. The van der Waals surface area contributed by atoms with Crippen LogP contribution in [0.2, 0.25) is 0 Å². The van der Waals surface area contributed by atoms with Crippen LogP contribution in [0.25, 0.3) is 11.5 Å². The molecule has 0 radical (unpaired) electrons. The molecular weight excluding hydrogens is 542 g/mol. The van der Waals surface area contributed by atoms with E-state index in [1.54, 1.807) is 50.9 Å². The Bertz CT molecular complexity index is 1390. The number of hydrogen-bond donors (Lipinski definition) is 3. The van der Waals surface area contributed by atoms with E-state index in [0.717, 1.165) is 5.56 Å². The standard InChI is InChI=1S/C30H37N5O7/c1-18(2)28(33-26(37)14-22-13-21(11-12-25(22)41-5)30-31-19(3)34-42-30)29(40)32-23(15-27(38)39)24(36)17-35(4)16-20-9-7-6-8-10-20/h6-13,18,23,28H,14-17H2,1-5H3,(H,32,40)(H,33,37)(H,38,39)/t23?,28-/m0/s1. The van der Waals surface area contributed by atoms with Gasteiger partial charge in [0.25, 0.3) is 5.89 Å². The van der Waals surface area contributed by atoms with Crippen LogP contribution < -0.4 is 15.4 Å². The first kappa shape index (κ1) is 31.9. The van der Waals surface area contributed by atoms with Crippen LogP contribution in [0.5, 0.6) is 5.75 Å². The number of ether oxygens (including phenoxy) is 1. The molecule has 0 saturated heterocycles. The Morgan fingerprint density at radius 2 is 1.79 bits per heavy atom. The average molecular weight is 580 g/mol. The van der Waals surface area contributed by atoms with Gasteiger partial charge in [0.05, 0.1) is 32.5 Å². The molecule has 0 fully saturated rings. The summed E-state index contributed by atoms with van der Waals surface area (Å²) in [7, 11) is 3.22. The second kappa shape index (κ2) is 14.9. The fourth-order valence-corrected chi connectivity index (χ4v) is 4.41. The molecule has 2 aromatic carbocycles. The quantitative estimate of drug-likeness (QED) is 0.244. The van der Waals surface area contributed by atoms with Crippen LogP contribution in [-0.2, 0) is 32.1 Å². The zero-order valence-corrected chi connectivity index (χ0v) is 24.4. The van der Waals surface area contributed by atoms with Crippen LogP contribution in [0.3, 0.4) is 0 Å². The van der Waals surface area contributed by atoms with Crippen molar-refractivity contribution < 1.29 is 33.5 Å². The number of aryl methyl sites for hydroxylation is 1. The molecule has 3 aromatic rings. The van der Waals surface area contributed by atoms with Gasteiger partial charge >= 0.3 is 5.97 Å². The summed E-state index contributed by atoms with van der Waals surface area (Å²) in [5.41, 5.74) is 2.12. The van der Waals surface area contributed by atoms with E-state index in [-0.39, 0.29) is 18.9 Å². The molecule has 3 N–H and O–H groups in total. The van der Waals surface area contributed by atoms with Crippen molar-refractivity contribution in [1.29, 1.82) is 0 Å². The summed E-state index contributed by atoms with van der Waals surface area (Å²) in [5.74, 6) is -1.93. The van der Waals surface area contributed by atoms with E-state index in [4.69, 9.17) is 9.26 Å². The molecular formula is C30H37N5O7. The van der Waals surface area contributed by atoms with Crippen molar-refractivity contribution in [2.45, 2.75) is 52.2 Å². The third-order valence-electron chi connectivity index (χ3n) is 6.48. The minimum absolute atomic E-state index is 0.0679. The molecule has 1 heterocycles. The summed E-state index contributed by atoms with van der Waals surface area (Å²) in [5, 5.41) is 18.5. The van der Waals surface area contributed by atoms with E-state index in [0.29, 0.717) is 35.1 Å². The van der Waals surface area contributed by atoms with E-state index in [1.807, 2.05) is 30.3 Å². The number of nitrogens with zero attached hydrogens (tertiary/aromatic N) is 3. The number of ketones is 1. The topological polar surface area (TPSA) is 164 Å². The molecule has 42 heavy (non-hydrogen) atoms. The number of hydrogen-bond acceptors (Lipinski definition) is 9. The molecule has 0 aliphatic heterocycles. The Balaban J connectivity index is 1.69. The van der Waals surface area contributed by atoms with E-state index < -0.39 is 42.1 Å². The highest BCUT2D eigenvalue weighted by atomic mass is 16.5. The van der Waals surface area contributed by atoms with Gasteiger partial charge < -0.3 is 25.0 Å². The van der Waals surface area contributed by atoms with Gasteiger partial charge in [-0.15, -0.1) is 0 Å². The lowest BCUT2D eigenvalue weighted by Crippen LogP contribution is -2.55. The summed E-state index contributed by atoms with van der Waals surface area (Å²) in [4.78, 5) is 56.9. The van der Waals surface area contributed by atoms with Gasteiger partial charge in [0.1, 0.15) is 11.8 Å². The fraction of sp³-hybridized carbons (Fsp3) is 0.400. The second-order valence-electron chi connectivity index (χ2n) is 10.4. The summed E-state index contributed by atoms with van der Waals surface area (Å²) < 4.78 is 10.6. The van der Waals surface area contributed by atoms with Crippen LogP contribution in [0.15, 0.2) is 53.1 Å². The lowest BCUT2D eigenvalue weighted by Gasteiger charge is -2.26. The van der Waals surface area contributed by atoms with Crippen molar-refractivity contribution in [3.05, 3.63) is 65.5 Å². The lowest BCUT2D eigenvalue weighted by molar-refractivity contribution is -0.141. The molecule has 0 spiro atoms. The van der Waals surface area contributed by atoms with Gasteiger partial charge in [-0.3, -0.25) is 24.1 Å². The van der Waals surface area contributed by atoms with Gasteiger partial charge in [0.15, 0.2) is 11.6 Å². The highest BCUT2D eigenvalue weighted by Gasteiger charge is 2.30. The molecule has 0 saturated carbocycles. The first-order valence-corrected chi connectivity index (χ1v) is 13.5. The van der Waals surface area contributed by atoms with Crippen LogP contribution in [0, 0.1) is 12.8 Å². The normalized spacial score (nSPS) is 12.5. The minimum Gasteiger partial charge on any atom is -0.496 e. The van der Waals surface area contributed by atoms with E-state index in [9.17, 15) is 24.3 Å². The molecule has 2 amide bonds. The summed E-state index contributed by atoms with van der Waals surface area (Å²) >= 11 is 0. The number of aromatic nitrogens is 2. The third-order valence-corrected chi connectivity index (χ3v) is 6.48. The number of methoxy groups -OCH3 is 1. The van der Waals surface area contributed by atoms with Crippen molar-refractivity contribution in [3.8, 4) is 17.2 Å². The van der Waals surface area contributed by atoms with E-state index >= 15 is 0 Å². The Morgan fingerprint density at radius 3 is 2.38 bits per heavy atom. The van der Waals surface area contributed by atoms with Crippen LogP contribution in [0.1, 0.15) is 37.2 Å². The molecule has 12 nitrogen and oxygen atoms in total. The van der Waals surface area contributed by atoms with Crippen molar-refractivity contribution in [1.82, 2.24) is 25.7 Å². The maximum atomic E-state index is 13.3. The third kappa shape index (κ3) is 9.23. The molecule has 0 aliphatic rings. The van der Waals surface area contributed by atoms with Crippen molar-refractivity contribution in [3.63, 3.8) is 0 Å². The van der Waals surface area contributed by atoms with Gasteiger partial charge in [0.2, 0.25) is 11.8 Å². The van der Waals surface area contributed by atoms with Gasteiger partial charge in [-0.25, -0.2) is 0 Å². The predicted molar refractivity (Wildman–Crippen MR) is 153 cm³/mol. The van der Waals surface area contributed by atoms with Crippen molar-refractivity contribution >= 4 is 23.6 Å². The van der Waals surface area contributed by atoms with Crippen molar-refractivity contribution in [2.24, 2.45) is 5.92 Å². The summed E-state index contributed by atoms with van der Waals surface area (Å²) in [6, 6.07) is 12.3. The second-order valence-corrected chi connectivity index (χ2v) is 10.4. The Hall–Kier alpha value is -4.58. The number of aliphatic carboxylic acids is 1.